The van der Waals surface area contributed by atoms with Gasteiger partial charge in [-0.3, -0.25) is 5.41 Å². The van der Waals surface area contributed by atoms with E-state index in [1.807, 2.05) is 24.3 Å². The number of aliphatic hydroxyl groups is 1. The Labute approximate surface area is 85.3 Å². The highest BCUT2D eigenvalue weighted by atomic mass is 32.1. The van der Waals surface area contributed by atoms with Gasteiger partial charge in [-0.05, 0) is 29.1 Å². The molecule has 4 heteroatoms. The summed E-state index contributed by atoms with van der Waals surface area (Å²) in [6, 6.07) is 7.61. The first-order valence-corrected chi connectivity index (χ1v) is 5.00. The van der Waals surface area contributed by atoms with Crippen molar-refractivity contribution in [2.24, 2.45) is 5.73 Å². The van der Waals surface area contributed by atoms with Crippen molar-refractivity contribution in [3.05, 3.63) is 34.7 Å². The van der Waals surface area contributed by atoms with Gasteiger partial charge in [-0.2, -0.15) is 0 Å². The van der Waals surface area contributed by atoms with E-state index < -0.39 is 0 Å². The predicted octanol–water partition coefficient (Wildman–Crippen LogP) is 1.68. The van der Waals surface area contributed by atoms with E-state index in [9.17, 15) is 0 Å². The number of hydrogen-bond donors (Lipinski definition) is 3. The maximum absolute atomic E-state index is 8.95. The van der Waals surface area contributed by atoms with Crippen LogP contribution in [0.3, 0.4) is 0 Å². The lowest BCUT2D eigenvalue weighted by Crippen LogP contribution is -2.08. The zero-order valence-corrected chi connectivity index (χ0v) is 8.27. The van der Waals surface area contributed by atoms with Crippen molar-refractivity contribution >= 4 is 27.3 Å². The number of nitrogens with one attached hydrogen (secondary N) is 1. The van der Waals surface area contributed by atoms with Crippen LogP contribution < -0.4 is 5.73 Å². The third-order valence-electron chi connectivity index (χ3n) is 2.03. The Morgan fingerprint density at radius 3 is 2.86 bits per heavy atom. The van der Waals surface area contributed by atoms with E-state index >= 15 is 0 Å². The Hall–Kier alpha value is -1.39. The van der Waals surface area contributed by atoms with Crippen LogP contribution in [0.5, 0.6) is 0 Å². The molecule has 0 amide bonds. The molecule has 1 heterocycles. The first-order valence-electron chi connectivity index (χ1n) is 4.18. The van der Waals surface area contributed by atoms with Crippen LogP contribution in [0.15, 0.2) is 24.3 Å². The van der Waals surface area contributed by atoms with Crippen molar-refractivity contribution in [1.29, 1.82) is 5.41 Å². The number of hydrogen-bond acceptors (Lipinski definition) is 3. The Bertz CT molecular complexity index is 490. The fraction of sp³-hybridized carbons (Fsp3) is 0.100. The normalized spacial score (nSPS) is 10.6. The van der Waals surface area contributed by atoms with Crippen molar-refractivity contribution in [2.45, 2.75) is 6.61 Å². The largest absolute Gasteiger partial charge is 0.392 e. The zero-order chi connectivity index (χ0) is 10.1. The van der Waals surface area contributed by atoms with Gasteiger partial charge in [-0.1, -0.05) is 6.07 Å². The SMILES string of the molecule is N=C(N)c1cc2cc(CO)ccc2s1. The van der Waals surface area contributed by atoms with E-state index in [2.05, 4.69) is 0 Å². The van der Waals surface area contributed by atoms with Crippen LogP contribution in [-0.2, 0) is 6.61 Å². The molecule has 0 saturated heterocycles. The molecule has 0 bridgehead atoms. The van der Waals surface area contributed by atoms with Gasteiger partial charge in [-0.25, -0.2) is 0 Å². The maximum Gasteiger partial charge on any atom is 0.133 e. The van der Waals surface area contributed by atoms with Crippen molar-refractivity contribution in [3.8, 4) is 0 Å². The van der Waals surface area contributed by atoms with Crippen LogP contribution in [0, 0.1) is 5.41 Å². The molecule has 0 unspecified atom stereocenters. The Balaban J connectivity index is 2.60. The van der Waals surface area contributed by atoms with Gasteiger partial charge in [0.25, 0.3) is 0 Å². The molecule has 1 aromatic carbocycles. The standard InChI is InChI=1S/C10H10N2OS/c11-10(12)9-4-7-3-6(5-13)1-2-8(7)14-9/h1-4,13H,5H2,(H3,11,12). The summed E-state index contributed by atoms with van der Waals surface area (Å²) in [5, 5.41) is 17.3. The monoisotopic (exact) mass is 206 g/mol. The fourth-order valence-corrected chi connectivity index (χ4v) is 2.23. The quantitative estimate of drug-likeness (QED) is 0.517. The lowest BCUT2D eigenvalue weighted by atomic mass is 10.2. The van der Waals surface area contributed by atoms with Crippen molar-refractivity contribution < 1.29 is 5.11 Å². The van der Waals surface area contributed by atoms with E-state index in [4.69, 9.17) is 16.2 Å². The predicted molar refractivity (Wildman–Crippen MR) is 58.8 cm³/mol. The summed E-state index contributed by atoms with van der Waals surface area (Å²) >= 11 is 1.49. The number of amidine groups is 1. The minimum absolute atomic E-state index is 0.0428. The number of thiophene rings is 1. The summed E-state index contributed by atoms with van der Waals surface area (Å²) in [4.78, 5) is 0.773. The number of nitrogen functional groups attached to an aromatic ring is 1. The summed E-state index contributed by atoms with van der Waals surface area (Å²) in [5.41, 5.74) is 6.27. The van der Waals surface area contributed by atoms with Gasteiger partial charge in [-0.15, -0.1) is 11.3 Å². The van der Waals surface area contributed by atoms with E-state index in [0.717, 1.165) is 20.5 Å². The van der Waals surface area contributed by atoms with E-state index in [0.29, 0.717) is 0 Å². The Kier molecular flexibility index (Phi) is 2.23. The number of rotatable bonds is 2. The first-order chi connectivity index (χ1) is 6.70. The third-order valence-corrected chi connectivity index (χ3v) is 3.18. The molecule has 72 valence electrons. The molecule has 3 nitrogen and oxygen atoms in total. The molecular formula is C10H10N2OS. The average Bonchev–Trinajstić information content (AvgIpc) is 2.59. The van der Waals surface area contributed by atoms with Crippen LogP contribution in [0.4, 0.5) is 0 Å². The second-order valence-corrected chi connectivity index (χ2v) is 4.14. The minimum atomic E-state index is 0.0428. The van der Waals surface area contributed by atoms with Crippen LogP contribution in [0.1, 0.15) is 10.4 Å². The molecule has 0 aliphatic rings. The molecule has 0 fully saturated rings. The maximum atomic E-state index is 8.95. The molecule has 0 saturated carbocycles. The molecule has 2 aromatic rings. The molecule has 0 spiro atoms. The van der Waals surface area contributed by atoms with Gasteiger partial charge < -0.3 is 10.8 Å². The fourth-order valence-electron chi connectivity index (χ4n) is 1.32. The topological polar surface area (TPSA) is 70.1 Å². The minimum Gasteiger partial charge on any atom is -0.392 e. The molecule has 0 radical (unpaired) electrons. The van der Waals surface area contributed by atoms with Crippen molar-refractivity contribution in [2.75, 3.05) is 0 Å². The summed E-state index contributed by atoms with van der Waals surface area (Å²) < 4.78 is 1.09. The highest BCUT2D eigenvalue weighted by molar-refractivity contribution is 7.20. The second kappa shape index (κ2) is 3.40. The summed E-state index contributed by atoms with van der Waals surface area (Å²) in [6.45, 7) is 0.0428. The van der Waals surface area contributed by atoms with Gasteiger partial charge in [0.15, 0.2) is 0 Å². The van der Waals surface area contributed by atoms with Crippen molar-refractivity contribution in [1.82, 2.24) is 0 Å². The van der Waals surface area contributed by atoms with Gasteiger partial charge in [0.2, 0.25) is 0 Å². The lowest BCUT2D eigenvalue weighted by molar-refractivity contribution is 0.282. The Morgan fingerprint density at radius 2 is 2.21 bits per heavy atom. The first kappa shape index (κ1) is 9.18. The molecule has 4 N–H and O–H groups in total. The zero-order valence-electron chi connectivity index (χ0n) is 7.45. The summed E-state index contributed by atoms with van der Waals surface area (Å²) in [6.07, 6.45) is 0. The van der Waals surface area contributed by atoms with Gasteiger partial charge >= 0.3 is 0 Å². The molecule has 0 aliphatic heterocycles. The number of benzene rings is 1. The highest BCUT2D eigenvalue weighted by Crippen LogP contribution is 2.26. The van der Waals surface area contributed by atoms with E-state index in [1.165, 1.54) is 11.3 Å². The molecule has 2 rings (SSSR count). The highest BCUT2D eigenvalue weighted by Gasteiger charge is 2.04. The number of nitrogens with two attached hydrogens (primary N) is 1. The summed E-state index contributed by atoms with van der Waals surface area (Å²) in [5.74, 6) is 0.0942. The lowest BCUT2D eigenvalue weighted by Gasteiger charge is -1.94. The van der Waals surface area contributed by atoms with Crippen LogP contribution in [0.25, 0.3) is 10.1 Å². The molecular weight excluding hydrogens is 196 g/mol. The summed E-state index contributed by atoms with van der Waals surface area (Å²) in [7, 11) is 0. The third kappa shape index (κ3) is 1.49. The van der Waals surface area contributed by atoms with Crippen LogP contribution >= 0.6 is 11.3 Å². The van der Waals surface area contributed by atoms with E-state index in [1.54, 1.807) is 0 Å². The molecule has 1 aromatic heterocycles. The van der Waals surface area contributed by atoms with E-state index in [-0.39, 0.29) is 12.4 Å². The molecule has 0 aliphatic carbocycles. The smallest absolute Gasteiger partial charge is 0.133 e. The molecule has 14 heavy (non-hydrogen) atoms. The average molecular weight is 206 g/mol. The number of fused-ring (bicyclic) bond motifs is 1. The van der Waals surface area contributed by atoms with Crippen molar-refractivity contribution in [3.63, 3.8) is 0 Å². The van der Waals surface area contributed by atoms with Crippen LogP contribution in [-0.4, -0.2) is 10.9 Å². The Morgan fingerprint density at radius 1 is 1.43 bits per heavy atom. The molecule has 0 atom stereocenters. The number of aliphatic hydroxyl groups excluding tert-OH is 1. The van der Waals surface area contributed by atoms with Gasteiger partial charge in [0.05, 0.1) is 11.5 Å². The van der Waals surface area contributed by atoms with Crippen LogP contribution in [0.2, 0.25) is 0 Å². The van der Waals surface area contributed by atoms with Gasteiger partial charge in [0.1, 0.15) is 5.84 Å². The second-order valence-electron chi connectivity index (χ2n) is 3.05. The van der Waals surface area contributed by atoms with Gasteiger partial charge in [0, 0.05) is 4.70 Å².